The van der Waals surface area contributed by atoms with Crippen LogP contribution in [0.25, 0.3) is 0 Å². The van der Waals surface area contributed by atoms with Gasteiger partial charge < -0.3 is 9.47 Å². The molecule has 0 amide bonds. The monoisotopic (exact) mass is 341 g/mol. The SMILES string of the molecule is COC(=O)C(c1ccccc1)N1CCC2(CC1)OCCc1cn[nH]c12. The molecule has 3 heterocycles. The second kappa shape index (κ2) is 6.61. The molecule has 2 aliphatic rings. The van der Waals surface area contributed by atoms with Crippen LogP contribution in [0.2, 0.25) is 0 Å². The molecule has 132 valence electrons. The number of ether oxygens (including phenoxy) is 2. The minimum Gasteiger partial charge on any atom is -0.468 e. The average molecular weight is 341 g/mol. The van der Waals surface area contributed by atoms with Gasteiger partial charge in [0.2, 0.25) is 0 Å². The maximum absolute atomic E-state index is 12.4. The topological polar surface area (TPSA) is 67.4 Å². The van der Waals surface area contributed by atoms with Gasteiger partial charge >= 0.3 is 5.97 Å². The van der Waals surface area contributed by atoms with E-state index in [0.717, 1.165) is 50.2 Å². The van der Waals surface area contributed by atoms with Crippen molar-refractivity contribution < 1.29 is 14.3 Å². The molecule has 1 unspecified atom stereocenters. The first kappa shape index (κ1) is 16.3. The number of aromatic amines is 1. The summed E-state index contributed by atoms with van der Waals surface area (Å²) in [5.41, 5.74) is 3.05. The zero-order valence-electron chi connectivity index (χ0n) is 14.4. The molecule has 6 heteroatoms. The molecule has 1 aromatic heterocycles. The minimum absolute atomic E-state index is 0.214. The third kappa shape index (κ3) is 2.85. The highest BCUT2D eigenvalue weighted by atomic mass is 16.5. The molecule has 1 atom stereocenters. The van der Waals surface area contributed by atoms with Crippen molar-refractivity contribution in [1.82, 2.24) is 15.1 Å². The van der Waals surface area contributed by atoms with Crippen LogP contribution < -0.4 is 0 Å². The van der Waals surface area contributed by atoms with Gasteiger partial charge in [0.15, 0.2) is 0 Å². The lowest BCUT2D eigenvalue weighted by atomic mass is 9.83. The van der Waals surface area contributed by atoms with E-state index >= 15 is 0 Å². The lowest BCUT2D eigenvalue weighted by molar-refractivity contribution is -0.152. The zero-order valence-corrected chi connectivity index (χ0v) is 14.4. The van der Waals surface area contributed by atoms with Gasteiger partial charge in [0.1, 0.15) is 11.6 Å². The molecule has 2 aliphatic heterocycles. The molecule has 1 fully saturated rings. The summed E-state index contributed by atoms with van der Waals surface area (Å²) < 4.78 is 11.3. The Labute approximate surface area is 147 Å². The van der Waals surface area contributed by atoms with Gasteiger partial charge in [0.25, 0.3) is 0 Å². The minimum atomic E-state index is -0.367. The van der Waals surface area contributed by atoms with Crippen molar-refractivity contribution in [3.8, 4) is 0 Å². The predicted molar refractivity (Wildman–Crippen MR) is 91.9 cm³/mol. The van der Waals surface area contributed by atoms with E-state index in [1.807, 2.05) is 36.5 Å². The lowest BCUT2D eigenvalue weighted by Gasteiger charge is -2.45. The number of esters is 1. The van der Waals surface area contributed by atoms with Gasteiger partial charge in [-0.25, -0.2) is 4.79 Å². The van der Waals surface area contributed by atoms with Crippen LogP contribution in [0, 0.1) is 0 Å². The molecule has 4 rings (SSSR count). The van der Waals surface area contributed by atoms with Gasteiger partial charge in [-0.2, -0.15) is 5.10 Å². The van der Waals surface area contributed by atoms with Gasteiger partial charge in [-0.3, -0.25) is 10.00 Å². The Bertz CT molecular complexity index is 735. The summed E-state index contributed by atoms with van der Waals surface area (Å²) in [4.78, 5) is 14.6. The fraction of sp³-hybridized carbons (Fsp3) is 0.474. The van der Waals surface area contributed by atoms with E-state index in [0.29, 0.717) is 0 Å². The highest BCUT2D eigenvalue weighted by Crippen LogP contribution is 2.41. The van der Waals surface area contributed by atoms with E-state index in [2.05, 4.69) is 15.1 Å². The van der Waals surface area contributed by atoms with E-state index in [1.165, 1.54) is 12.7 Å². The van der Waals surface area contributed by atoms with Gasteiger partial charge in [0.05, 0.1) is 25.6 Å². The van der Waals surface area contributed by atoms with E-state index in [1.54, 1.807) is 0 Å². The molecule has 0 aliphatic carbocycles. The number of nitrogens with zero attached hydrogens (tertiary/aromatic N) is 2. The number of fused-ring (bicyclic) bond motifs is 2. The number of methoxy groups -OCH3 is 1. The van der Waals surface area contributed by atoms with Crippen LogP contribution in [0.3, 0.4) is 0 Å². The first-order chi connectivity index (χ1) is 12.2. The van der Waals surface area contributed by atoms with Crippen LogP contribution in [-0.4, -0.2) is 47.9 Å². The van der Waals surface area contributed by atoms with Crippen molar-refractivity contribution in [2.24, 2.45) is 0 Å². The number of likely N-dealkylation sites (tertiary alicyclic amines) is 1. The molecular weight excluding hydrogens is 318 g/mol. The number of carbonyl (C=O) groups excluding carboxylic acids is 1. The Morgan fingerprint density at radius 2 is 2.08 bits per heavy atom. The molecular formula is C19H23N3O3. The lowest BCUT2D eigenvalue weighted by Crippen LogP contribution is -2.49. The Kier molecular flexibility index (Phi) is 4.31. The molecule has 1 saturated heterocycles. The molecule has 6 nitrogen and oxygen atoms in total. The maximum atomic E-state index is 12.4. The first-order valence-electron chi connectivity index (χ1n) is 8.77. The summed E-state index contributed by atoms with van der Waals surface area (Å²) in [7, 11) is 1.45. The van der Waals surface area contributed by atoms with Gasteiger partial charge in [-0.15, -0.1) is 0 Å². The summed E-state index contributed by atoms with van der Waals surface area (Å²) in [5.74, 6) is -0.214. The van der Waals surface area contributed by atoms with Crippen LogP contribution in [-0.2, 0) is 26.3 Å². The number of nitrogens with one attached hydrogen (secondary N) is 1. The first-order valence-corrected chi connectivity index (χ1v) is 8.77. The molecule has 0 bridgehead atoms. The maximum Gasteiger partial charge on any atom is 0.327 e. The van der Waals surface area contributed by atoms with Crippen molar-refractivity contribution >= 4 is 5.97 Å². The van der Waals surface area contributed by atoms with Crippen molar-refractivity contribution in [3.63, 3.8) is 0 Å². The van der Waals surface area contributed by atoms with E-state index in [-0.39, 0.29) is 17.6 Å². The van der Waals surface area contributed by atoms with Crippen molar-refractivity contribution in [2.45, 2.75) is 30.9 Å². The van der Waals surface area contributed by atoms with E-state index < -0.39 is 0 Å². The number of hydrogen-bond donors (Lipinski definition) is 1. The standard InChI is InChI=1S/C19H23N3O3/c1-24-18(23)16(14-5-3-2-4-6-14)22-10-8-19(9-11-22)17-15(7-12-25-19)13-20-21-17/h2-6,13,16H,7-12H2,1H3,(H,20,21). The van der Waals surface area contributed by atoms with Crippen LogP contribution >= 0.6 is 0 Å². The quantitative estimate of drug-likeness (QED) is 0.867. The number of piperidine rings is 1. The summed E-state index contributed by atoms with van der Waals surface area (Å²) in [6, 6.07) is 9.47. The zero-order chi connectivity index (χ0) is 17.3. The molecule has 25 heavy (non-hydrogen) atoms. The Hall–Kier alpha value is -2.18. The molecule has 1 aromatic carbocycles. The average Bonchev–Trinajstić information content (AvgIpc) is 3.15. The van der Waals surface area contributed by atoms with Gasteiger partial charge in [-0.05, 0) is 30.4 Å². The molecule has 1 spiro atoms. The van der Waals surface area contributed by atoms with Crippen molar-refractivity contribution in [3.05, 3.63) is 53.3 Å². The van der Waals surface area contributed by atoms with Crippen molar-refractivity contribution in [2.75, 3.05) is 26.8 Å². The largest absolute Gasteiger partial charge is 0.468 e. The van der Waals surface area contributed by atoms with Crippen LogP contribution in [0.15, 0.2) is 36.5 Å². The summed E-state index contributed by atoms with van der Waals surface area (Å²) >= 11 is 0. The predicted octanol–water partition coefficient (Wildman–Crippen LogP) is 2.19. The highest BCUT2D eigenvalue weighted by molar-refractivity contribution is 5.77. The third-order valence-electron chi connectivity index (χ3n) is 5.43. The van der Waals surface area contributed by atoms with E-state index in [4.69, 9.17) is 9.47 Å². The van der Waals surface area contributed by atoms with Crippen LogP contribution in [0.5, 0.6) is 0 Å². The van der Waals surface area contributed by atoms with Crippen LogP contribution in [0.4, 0.5) is 0 Å². The fourth-order valence-electron chi connectivity index (χ4n) is 4.10. The summed E-state index contributed by atoms with van der Waals surface area (Å²) in [5, 5.41) is 7.35. The molecule has 1 N–H and O–H groups in total. The Balaban J connectivity index is 1.56. The van der Waals surface area contributed by atoms with E-state index in [9.17, 15) is 4.79 Å². The smallest absolute Gasteiger partial charge is 0.327 e. The number of hydrogen-bond acceptors (Lipinski definition) is 5. The van der Waals surface area contributed by atoms with Crippen LogP contribution in [0.1, 0.15) is 35.7 Å². The van der Waals surface area contributed by atoms with Gasteiger partial charge in [0, 0.05) is 13.1 Å². The fourth-order valence-corrected chi connectivity index (χ4v) is 4.10. The molecule has 2 aromatic rings. The van der Waals surface area contributed by atoms with Crippen molar-refractivity contribution in [1.29, 1.82) is 0 Å². The molecule has 0 radical (unpaired) electrons. The number of aromatic nitrogens is 2. The number of rotatable bonds is 3. The number of H-pyrrole nitrogens is 1. The normalized spacial score (nSPS) is 20.8. The Morgan fingerprint density at radius 1 is 1.32 bits per heavy atom. The molecule has 0 saturated carbocycles. The summed E-state index contributed by atoms with van der Waals surface area (Å²) in [6.45, 7) is 2.27. The second-order valence-corrected chi connectivity index (χ2v) is 6.74. The second-order valence-electron chi connectivity index (χ2n) is 6.74. The third-order valence-corrected chi connectivity index (χ3v) is 5.43. The highest BCUT2D eigenvalue weighted by Gasteiger charge is 2.44. The summed E-state index contributed by atoms with van der Waals surface area (Å²) in [6.07, 6.45) is 4.49. The number of benzene rings is 1. The van der Waals surface area contributed by atoms with Gasteiger partial charge in [-0.1, -0.05) is 30.3 Å². The Morgan fingerprint density at radius 3 is 2.80 bits per heavy atom. The number of carbonyl (C=O) groups is 1.